The molecule has 0 atom stereocenters. The Bertz CT molecular complexity index is 540. The van der Waals surface area contributed by atoms with Gasteiger partial charge in [-0.15, -0.1) is 11.8 Å². The third-order valence-electron chi connectivity index (χ3n) is 2.80. The van der Waals surface area contributed by atoms with Crippen molar-refractivity contribution < 1.29 is 4.74 Å². The molecule has 4 heteroatoms. The molecule has 106 valence electrons. The van der Waals surface area contributed by atoms with Crippen LogP contribution in [0.15, 0.2) is 47.5 Å². The number of ether oxygens (including phenoxy) is 1. The van der Waals surface area contributed by atoms with Crippen LogP contribution in [-0.2, 0) is 6.54 Å². The molecule has 1 heterocycles. The molecule has 0 spiro atoms. The number of para-hydroxylation sites is 1. The van der Waals surface area contributed by atoms with Crippen LogP contribution in [0.25, 0.3) is 0 Å². The van der Waals surface area contributed by atoms with Crippen molar-refractivity contribution in [3.05, 3.63) is 48.2 Å². The van der Waals surface area contributed by atoms with Crippen LogP contribution in [0.4, 0.5) is 0 Å². The van der Waals surface area contributed by atoms with Crippen LogP contribution in [0.1, 0.15) is 19.4 Å². The second kappa shape index (κ2) is 7.31. The number of nitrogens with one attached hydrogen (secondary N) is 1. The van der Waals surface area contributed by atoms with Crippen LogP contribution in [0.5, 0.6) is 11.6 Å². The lowest BCUT2D eigenvalue weighted by Gasteiger charge is -2.10. The van der Waals surface area contributed by atoms with Crippen molar-refractivity contribution in [2.24, 2.45) is 0 Å². The zero-order chi connectivity index (χ0) is 14.4. The molecular formula is C16H20N2OS. The van der Waals surface area contributed by atoms with E-state index in [-0.39, 0.29) is 0 Å². The van der Waals surface area contributed by atoms with Gasteiger partial charge in [-0.05, 0) is 24.0 Å². The fourth-order valence-corrected chi connectivity index (χ4v) is 2.24. The summed E-state index contributed by atoms with van der Waals surface area (Å²) in [6, 6.07) is 12.4. The predicted octanol–water partition coefficient (Wildman–Crippen LogP) is 4.09. The van der Waals surface area contributed by atoms with Gasteiger partial charge in [0.05, 0.1) is 0 Å². The summed E-state index contributed by atoms with van der Waals surface area (Å²) in [4.78, 5) is 5.47. The number of aromatic nitrogens is 1. The highest BCUT2D eigenvalue weighted by atomic mass is 32.2. The molecule has 0 aliphatic carbocycles. The zero-order valence-electron chi connectivity index (χ0n) is 12.1. The Balaban J connectivity index is 2.03. The molecule has 0 fully saturated rings. The number of hydrogen-bond acceptors (Lipinski definition) is 4. The first-order valence-corrected chi connectivity index (χ1v) is 7.90. The summed E-state index contributed by atoms with van der Waals surface area (Å²) >= 11 is 1.67. The van der Waals surface area contributed by atoms with Gasteiger partial charge >= 0.3 is 0 Å². The molecule has 2 rings (SSSR count). The highest BCUT2D eigenvalue weighted by Gasteiger charge is 2.04. The number of rotatable bonds is 6. The fraction of sp³-hybridized carbons (Fsp3) is 0.312. The second-order valence-corrected chi connectivity index (χ2v) is 5.64. The maximum Gasteiger partial charge on any atom is 0.219 e. The summed E-state index contributed by atoms with van der Waals surface area (Å²) in [5, 5.41) is 3.37. The average Bonchev–Trinajstić information content (AvgIpc) is 2.47. The minimum absolute atomic E-state index is 0.472. The molecule has 0 saturated heterocycles. The molecule has 0 aliphatic heterocycles. The molecule has 1 aromatic heterocycles. The number of benzene rings is 1. The van der Waals surface area contributed by atoms with Crippen molar-refractivity contribution >= 4 is 11.8 Å². The molecule has 1 aromatic carbocycles. The lowest BCUT2D eigenvalue weighted by Crippen LogP contribution is -2.21. The normalized spacial score (nSPS) is 10.8. The Kier molecular flexibility index (Phi) is 5.44. The Hall–Kier alpha value is -1.52. The molecule has 0 unspecified atom stereocenters. The largest absolute Gasteiger partial charge is 0.438 e. The first-order chi connectivity index (χ1) is 9.69. The first kappa shape index (κ1) is 14.9. The van der Waals surface area contributed by atoms with E-state index in [9.17, 15) is 0 Å². The van der Waals surface area contributed by atoms with Gasteiger partial charge in [-0.25, -0.2) is 4.98 Å². The van der Waals surface area contributed by atoms with E-state index in [4.69, 9.17) is 4.74 Å². The van der Waals surface area contributed by atoms with Gasteiger partial charge in [-0.2, -0.15) is 0 Å². The van der Waals surface area contributed by atoms with Gasteiger partial charge in [0.25, 0.3) is 0 Å². The number of thioether (sulfide) groups is 1. The molecule has 1 N–H and O–H groups in total. The summed E-state index contributed by atoms with van der Waals surface area (Å²) in [6.45, 7) is 5.08. The second-order valence-electron chi connectivity index (χ2n) is 4.79. The highest BCUT2D eigenvalue weighted by molar-refractivity contribution is 7.98. The topological polar surface area (TPSA) is 34.1 Å². The van der Waals surface area contributed by atoms with Gasteiger partial charge in [0, 0.05) is 29.7 Å². The minimum atomic E-state index is 0.472. The van der Waals surface area contributed by atoms with E-state index in [0.717, 1.165) is 22.8 Å². The van der Waals surface area contributed by atoms with Crippen molar-refractivity contribution in [1.29, 1.82) is 0 Å². The van der Waals surface area contributed by atoms with E-state index in [1.807, 2.05) is 48.9 Å². The summed E-state index contributed by atoms with van der Waals surface area (Å²) in [6.07, 6.45) is 3.89. The molecule has 20 heavy (non-hydrogen) atoms. The van der Waals surface area contributed by atoms with Crippen molar-refractivity contribution in [2.45, 2.75) is 31.3 Å². The lowest BCUT2D eigenvalue weighted by molar-refractivity contribution is 0.451. The van der Waals surface area contributed by atoms with Crippen LogP contribution in [0.2, 0.25) is 0 Å². The molecule has 3 nitrogen and oxygen atoms in total. The van der Waals surface area contributed by atoms with Gasteiger partial charge in [0.2, 0.25) is 5.88 Å². The van der Waals surface area contributed by atoms with E-state index in [1.54, 1.807) is 11.8 Å². The summed E-state index contributed by atoms with van der Waals surface area (Å²) in [7, 11) is 0. The Labute approximate surface area is 124 Å². The number of hydrogen-bond donors (Lipinski definition) is 1. The fourth-order valence-electron chi connectivity index (χ4n) is 1.71. The van der Waals surface area contributed by atoms with Gasteiger partial charge in [-0.3, -0.25) is 0 Å². The lowest BCUT2D eigenvalue weighted by atomic mass is 10.2. The van der Waals surface area contributed by atoms with Crippen LogP contribution in [-0.4, -0.2) is 17.3 Å². The van der Waals surface area contributed by atoms with E-state index in [1.165, 1.54) is 0 Å². The van der Waals surface area contributed by atoms with Gasteiger partial charge in [0.15, 0.2) is 0 Å². The summed E-state index contributed by atoms with van der Waals surface area (Å²) < 4.78 is 5.83. The van der Waals surface area contributed by atoms with Crippen molar-refractivity contribution in [1.82, 2.24) is 10.3 Å². The molecule has 0 radical (unpaired) electrons. The summed E-state index contributed by atoms with van der Waals surface area (Å²) in [5.41, 5.74) is 1.16. The Morgan fingerprint density at radius 2 is 2.00 bits per heavy atom. The predicted molar refractivity (Wildman–Crippen MR) is 84.5 cm³/mol. The highest BCUT2D eigenvalue weighted by Crippen LogP contribution is 2.30. The first-order valence-electron chi connectivity index (χ1n) is 6.68. The van der Waals surface area contributed by atoms with Crippen molar-refractivity contribution in [3.8, 4) is 11.6 Å². The molecule has 2 aromatic rings. The maximum atomic E-state index is 5.83. The maximum absolute atomic E-state index is 5.83. The minimum Gasteiger partial charge on any atom is -0.438 e. The van der Waals surface area contributed by atoms with Crippen molar-refractivity contribution in [3.63, 3.8) is 0 Å². The van der Waals surface area contributed by atoms with E-state index in [0.29, 0.717) is 11.9 Å². The third-order valence-corrected chi connectivity index (χ3v) is 3.57. The SMILES string of the molecule is CSc1ccccc1Oc1ccc(CNC(C)C)cn1. The van der Waals surface area contributed by atoms with Crippen LogP contribution in [0.3, 0.4) is 0 Å². The standard InChI is InChI=1S/C16H20N2OS/c1-12(2)17-10-13-8-9-16(18-11-13)19-14-6-4-5-7-15(14)20-3/h4-9,11-12,17H,10H2,1-3H3. The van der Waals surface area contributed by atoms with Gasteiger partial charge in [0.1, 0.15) is 5.75 Å². The molecule has 0 bridgehead atoms. The molecule has 0 saturated carbocycles. The van der Waals surface area contributed by atoms with Crippen LogP contribution in [0, 0.1) is 0 Å². The van der Waals surface area contributed by atoms with E-state index < -0.39 is 0 Å². The average molecular weight is 288 g/mol. The van der Waals surface area contributed by atoms with Crippen LogP contribution >= 0.6 is 11.8 Å². The summed E-state index contributed by atoms with van der Waals surface area (Å²) in [5.74, 6) is 1.47. The Morgan fingerprint density at radius 1 is 1.20 bits per heavy atom. The third kappa shape index (κ3) is 4.25. The van der Waals surface area contributed by atoms with E-state index >= 15 is 0 Å². The molecule has 0 amide bonds. The number of pyridine rings is 1. The van der Waals surface area contributed by atoms with Crippen molar-refractivity contribution in [2.75, 3.05) is 6.26 Å². The molecule has 0 aliphatic rings. The van der Waals surface area contributed by atoms with Crippen LogP contribution < -0.4 is 10.1 Å². The zero-order valence-corrected chi connectivity index (χ0v) is 12.9. The van der Waals surface area contributed by atoms with E-state index in [2.05, 4.69) is 24.1 Å². The Morgan fingerprint density at radius 3 is 2.65 bits per heavy atom. The van der Waals surface area contributed by atoms with Gasteiger partial charge in [-0.1, -0.05) is 32.0 Å². The molecular weight excluding hydrogens is 268 g/mol. The number of nitrogens with zero attached hydrogens (tertiary/aromatic N) is 1. The monoisotopic (exact) mass is 288 g/mol. The van der Waals surface area contributed by atoms with Gasteiger partial charge < -0.3 is 10.1 Å². The quantitative estimate of drug-likeness (QED) is 0.812. The smallest absolute Gasteiger partial charge is 0.219 e.